The van der Waals surface area contributed by atoms with E-state index < -0.39 is 54.1 Å². The van der Waals surface area contributed by atoms with Gasteiger partial charge >= 0.3 is 6.03 Å². The molecule has 0 aliphatic heterocycles. The number of hydrogen-bond acceptors (Lipinski definition) is 4. The fourth-order valence-corrected chi connectivity index (χ4v) is 4.43. The third-order valence-corrected chi connectivity index (χ3v) is 6.80. The number of carbonyl (C=O) groups is 2. The lowest BCUT2D eigenvalue weighted by Crippen LogP contribution is -2.56. The summed E-state index contributed by atoms with van der Waals surface area (Å²) < 4.78 is 56.5. The molecule has 2 rings (SSSR count). The Morgan fingerprint density at radius 3 is 2.27 bits per heavy atom. The van der Waals surface area contributed by atoms with E-state index in [9.17, 15) is 32.3 Å². The number of urea groups is 1. The second-order valence-corrected chi connectivity index (χ2v) is 10.2. The zero-order valence-electron chi connectivity index (χ0n) is 23.9. The number of hydrogen-bond donors (Lipinski definition) is 5. The average molecular weight is 583 g/mol. The van der Waals surface area contributed by atoms with Crippen LogP contribution in [0.15, 0.2) is 42.5 Å². The molecule has 0 aromatic heterocycles. The molecule has 3 atom stereocenters. The minimum absolute atomic E-state index is 0.0156. The summed E-state index contributed by atoms with van der Waals surface area (Å²) in [5.74, 6) is -5.45. The van der Waals surface area contributed by atoms with Crippen LogP contribution in [-0.2, 0) is 24.2 Å². The molecular formula is C30H42F4N4O3. The van der Waals surface area contributed by atoms with Gasteiger partial charge < -0.3 is 26.4 Å². The van der Waals surface area contributed by atoms with E-state index in [0.29, 0.717) is 25.5 Å². The van der Waals surface area contributed by atoms with Crippen LogP contribution in [-0.4, -0.2) is 54.7 Å². The second kappa shape index (κ2) is 16.9. The Morgan fingerprint density at radius 2 is 1.63 bits per heavy atom. The van der Waals surface area contributed by atoms with E-state index in [4.69, 9.17) is 0 Å². The molecule has 0 aliphatic carbocycles. The molecule has 7 nitrogen and oxygen atoms in total. The fourth-order valence-electron chi connectivity index (χ4n) is 4.43. The van der Waals surface area contributed by atoms with Crippen LogP contribution in [0.5, 0.6) is 0 Å². The van der Waals surface area contributed by atoms with E-state index in [-0.39, 0.29) is 31.4 Å². The number of halogens is 4. The van der Waals surface area contributed by atoms with Crippen LogP contribution in [0.4, 0.5) is 22.4 Å². The molecule has 0 saturated heterocycles. The zero-order chi connectivity index (χ0) is 30.4. The van der Waals surface area contributed by atoms with Crippen LogP contribution in [0.2, 0.25) is 0 Å². The lowest BCUT2D eigenvalue weighted by molar-refractivity contribution is -0.125. The number of rotatable bonds is 17. The van der Waals surface area contributed by atoms with Crippen molar-refractivity contribution in [2.24, 2.45) is 0 Å². The van der Waals surface area contributed by atoms with Crippen molar-refractivity contribution in [1.29, 1.82) is 0 Å². The van der Waals surface area contributed by atoms with Gasteiger partial charge in [0.25, 0.3) is 0 Å². The van der Waals surface area contributed by atoms with Gasteiger partial charge in [0.1, 0.15) is 17.7 Å². The standard InChI is InChI=1S/C30H42F4N4O3/c1-4-6-11-30(33,34)12-10-25(38-29(41)35-3)28(40)37-26(16-22-14-23(31)17-24(32)15-22)27(39)19-36-18-21-9-7-8-20(5-2)13-21/h7-9,13-15,17,25-27,36,39H,4-6,10-12,16,18-19H2,1-3H3,(H,37,40)(H2,35,38,41)/t25-,26+,27-/m1/s1. The first-order valence-electron chi connectivity index (χ1n) is 14.0. The molecule has 0 aliphatic rings. The summed E-state index contributed by atoms with van der Waals surface area (Å²) in [6.45, 7) is 4.28. The number of carbonyl (C=O) groups excluding carboxylic acids is 2. The Kier molecular flexibility index (Phi) is 14.1. The second-order valence-electron chi connectivity index (χ2n) is 10.2. The van der Waals surface area contributed by atoms with Gasteiger partial charge in [-0.1, -0.05) is 44.5 Å². The third kappa shape index (κ3) is 12.5. The van der Waals surface area contributed by atoms with Crippen molar-refractivity contribution in [3.05, 3.63) is 70.8 Å². The summed E-state index contributed by atoms with van der Waals surface area (Å²) in [5, 5.41) is 21.4. The van der Waals surface area contributed by atoms with Gasteiger partial charge in [-0.15, -0.1) is 0 Å². The Labute approximate surface area is 239 Å². The van der Waals surface area contributed by atoms with Gasteiger partial charge in [0.05, 0.1) is 12.1 Å². The van der Waals surface area contributed by atoms with Gasteiger partial charge in [-0.3, -0.25) is 4.79 Å². The van der Waals surface area contributed by atoms with Crippen LogP contribution in [0.1, 0.15) is 62.6 Å². The molecule has 0 radical (unpaired) electrons. The molecule has 228 valence electrons. The Balaban J connectivity index is 2.18. The third-order valence-electron chi connectivity index (χ3n) is 6.80. The van der Waals surface area contributed by atoms with E-state index in [0.717, 1.165) is 29.7 Å². The van der Waals surface area contributed by atoms with E-state index in [1.165, 1.54) is 7.05 Å². The molecule has 3 amide bonds. The topological polar surface area (TPSA) is 102 Å². The summed E-state index contributed by atoms with van der Waals surface area (Å²) in [5.41, 5.74) is 2.32. The van der Waals surface area contributed by atoms with E-state index in [1.54, 1.807) is 6.92 Å². The minimum atomic E-state index is -3.02. The summed E-state index contributed by atoms with van der Waals surface area (Å²) >= 11 is 0. The monoisotopic (exact) mass is 582 g/mol. The minimum Gasteiger partial charge on any atom is -0.390 e. The quantitative estimate of drug-likeness (QED) is 0.176. The van der Waals surface area contributed by atoms with Crippen LogP contribution < -0.4 is 21.3 Å². The lowest BCUT2D eigenvalue weighted by atomic mass is 9.98. The molecule has 2 aromatic carbocycles. The number of alkyl halides is 2. The van der Waals surface area contributed by atoms with Crippen molar-refractivity contribution in [2.45, 2.75) is 89.4 Å². The molecule has 0 bridgehead atoms. The van der Waals surface area contributed by atoms with E-state index in [2.05, 4.69) is 21.3 Å². The molecule has 0 saturated carbocycles. The molecule has 5 N–H and O–H groups in total. The largest absolute Gasteiger partial charge is 0.390 e. The first-order chi connectivity index (χ1) is 19.5. The fraction of sp³-hybridized carbons (Fsp3) is 0.533. The molecular weight excluding hydrogens is 540 g/mol. The van der Waals surface area contributed by atoms with Crippen molar-refractivity contribution >= 4 is 11.9 Å². The normalized spacial score (nSPS) is 13.8. The lowest BCUT2D eigenvalue weighted by Gasteiger charge is -2.28. The number of benzene rings is 2. The maximum atomic E-state index is 14.4. The number of aliphatic hydroxyl groups is 1. The van der Waals surface area contributed by atoms with Gasteiger partial charge in [0.2, 0.25) is 11.8 Å². The van der Waals surface area contributed by atoms with Gasteiger partial charge in [-0.25, -0.2) is 22.4 Å². The van der Waals surface area contributed by atoms with E-state index in [1.807, 2.05) is 31.2 Å². The van der Waals surface area contributed by atoms with Crippen LogP contribution in [0.3, 0.4) is 0 Å². The smallest absolute Gasteiger partial charge is 0.315 e. The van der Waals surface area contributed by atoms with Crippen molar-refractivity contribution in [2.75, 3.05) is 13.6 Å². The van der Waals surface area contributed by atoms with Crippen molar-refractivity contribution in [3.8, 4) is 0 Å². The first-order valence-corrected chi connectivity index (χ1v) is 14.0. The summed E-state index contributed by atoms with van der Waals surface area (Å²) in [7, 11) is 1.33. The molecule has 11 heteroatoms. The highest BCUT2D eigenvalue weighted by molar-refractivity contribution is 5.87. The van der Waals surface area contributed by atoms with Gasteiger partial charge in [-0.05, 0) is 54.5 Å². The van der Waals surface area contributed by atoms with Crippen molar-refractivity contribution < 1.29 is 32.3 Å². The highest BCUT2D eigenvalue weighted by atomic mass is 19.3. The molecule has 0 spiro atoms. The summed E-state index contributed by atoms with van der Waals surface area (Å²) in [6, 6.07) is 7.67. The molecule has 0 heterocycles. The molecule has 0 unspecified atom stereocenters. The van der Waals surface area contributed by atoms with Gasteiger partial charge in [-0.2, -0.15) is 0 Å². The predicted molar refractivity (Wildman–Crippen MR) is 151 cm³/mol. The highest BCUT2D eigenvalue weighted by Crippen LogP contribution is 2.27. The zero-order valence-corrected chi connectivity index (χ0v) is 23.9. The first kappa shape index (κ1) is 34.0. The maximum absolute atomic E-state index is 14.4. The van der Waals surface area contributed by atoms with Crippen LogP contribution in [0.25, 0.3) is 0 Å². The van der Waals surface area contributed by atoms with Crippen molar-refractivity contribution in [3.63, 3.8) is 0 Å². The predicted octanol–water partition coefficient (Wildman–Crippen LogP) is 4.61. The Morgan fingerprint density at radius 1 is 0.951 bits per heavy atom. The number of nitrogens with one attached hydrogen (secondary N) is 4. The molecule has 0 fully saturated rings. The Hall–Kier alpha value is -3.18. The van der Waals surface area contributed by atoms with Crippen molar-refractivity contribution in [1.82, 2.24) is 21.3 Å². The summed E-state index contributed by atoms with van der Waals surface area (Å²) in [6.07, 6.45) is -0.897. The number of amides is 3. The highest BCUT2D eigenvalue weighted by Gasteiger charge is 2.33. The number of aryl methyl sites for hydroxylation is 1. The SMILES string of the molecule is CCCCC(F)(F)CC[C@@H](NC(=O)NC)C(=O)N[C@@H](Cc1cc(F)cc(F)c1)[C@H](O)CNCc1cccc(CC)c1. The maximum Gasteiger partial charge on any atom is 0.315 e. The number of aliphatic hydroxyl groups excluding tert-OH is 1. The van der Waals surface area contributed by atoms with Crippen LogP contribution in [0, 0.1) is 11.6 Å². The molecule has 41 heavy (non-hydrogen) atoms. The average Bonchev–Trinajstić information content (AvgIpc) is 2.93. The summed E-state index contributed by atoms with van der Waals surface area (Å²) in [4.78, 5) is 25.3. The van der Waals surface area contributed by atoms with E-state index >= 15 is 0 Å². The molecule has 2 aromatic rings. The van der Waals surface area contributed by atoms with Gasteiger partial charge in [0.15, 0.2) is 0 Å². The van der Waals surface area contributed by atoms with Gasteiger partial charge in [0, 0.05) is 39.0 Å². The number of unbranched alkanes of at least 4 members (excludes halogenated alkanes) is 1. The van der Waals surface area contributed by atoms with Crippen LogP contribution >= 0.6 is 0 Å². The Bertz CT molecular complexity index is 1100.